The molecule has 8 nitrogen and oxygen atoms in total. The fraction of sp³-hybridized carbons (Fsp3) is 0.389. The topological polar surface area (TPSA) is 114 Å². The van der Waals surface area contributed by atoms with Gasteiger partial charge in [0.1, 0.15) is 10.7 Å². The highest BCUT2D eigenvalue weighted by atomic mass is 32.1. The van der Waals surface area contributed by atoms with Gasteiger partial charge in [0.05, 0.1) is 12.0 Å². The van der Waals surface area contributed by atoms with Crippen molar-refractivity contribution < 1.29 is 14.3 Å². The van der Waals surface area contributed by atoms with Gasteiger partial charge < -0.3 is 15.0 Å². The van der Waals surface area contributed by atoms with Gasteiger partial charge in [-0.05, 0) is 31.7 Å². The first-order valence-corrected chi connectivity index (χ1v) is 10.7. The number of anilines is 1. The Labute approximate surface area is 168 Å². The van der Waals surface area contributed by atoms with Crippen molar-refractivity contribution in [1.29, 1.82) is 0 Å². The summed E-state index contributed by atoms with van der Waals surface area (Å²) in [5.74, 6) is -0.280. The molecular formula is C18H18N4O4S2. The van der Waals surface area contributed by atoms with Crippen LogP contribution in [0.15, 0.2) is 10.2 Å². The van der Waals surface area contributed by atoms with Crippen molar-refractivity contribution in [3.63, 3.8) is 0 Å². The zero-order valence-electron chi connectivity index (χ0n) is 15.2. The third-order valence-electron chi connectivity index (χ3n) is 4.45. The van der Waals surface area contributed by atoms with E-state index in [9.17, 15) is 14.4 Å². The quantitative estimate of drug-likeness (QED) is 0.595. The Morgan fingerprint density at radius 1 is 1.32 bits per heavy atom. The number of amides is 1. The monoisotopic (exact) mass is 418 g/mol. The van der Waals surface area contributed by atoms with Crippen molar-refractivity contribution >= 4 is 49.9 Å². The molecule has 1 aliphatic rings. The first-order valence-electron chi connectivity index (χ1n) is 9.01. The van der Waals surface area contributed by atoms with E-state index in [1.807, 2.05) is 0 Å². The Bertz CT molecular complexity index is 1110. The summed E-state index contributed by atoms with van der Waals surface area (Å²) in [6, 6.07) is 0. The zero-order valence-corrected chi connectivity index (χ0v) is 16.8. The summed E-state index contributed by atoms with van der Waals surface area (Å²) in [6.07, 6.45) is 3.50. The van der Waals surface area contributed by atoms with Crippen molar-refractivity contribution in [2.45, 2.75) is 39.0 Å². The van der Waals surface area contributed by atoms with Crippen LogP contribution >= 0.6 is 22.7 Å². The van der Waals surface area contributed by atoms with E-state index in [-0.39, 0.29) is 30.2 Å². The molecule has 0 aromatic carbocycles. The lowest BCUT2D eigenvalue weighted by molar-refractivity contribution is -0.116. The minimum atomic E-state index is -0.517. The van der Waals surface area contributed by atoms with Crippen LogP contribution in [-0.4, -0.2) is 33.4 Å². The molecular weight excluding hydrogens is 400 g/mol. The third kappa shape index (κ3) is 3.69. The number of carbonyl (C=O) groups excluding carboxylic acids is 2. The molecule has 0 bridgehead atoms. The second-order valence-electron chi connectivity index (χ2n) is 6.36. The Hall–Kier alpha value is -2.59. The van der Waals surface area contributed by atoms with Crippen molar-refractivity contribution in [3.05, 3.63) is 37.7 Å². The van der Waals surface area contributed by atoms with E-state index in [0.717, 1.165) is 41.0 Å². The minimum Gasteiger partial charge on any atom is -0.461 e. The molecule has 28 heavy (non-hydrogen) atoms. The Morgan fingerprint density at radius 2 is 2.18 bits per heavy atom. The number of aromatic nitrogens is 3. The number of thiazole rings is 1. The minimum absolute atomic E-state index is 0.126. The van der Waals surface area contributed by atoms with Gasteiger partial charge in [-0.25, -0.2) is 14.8 Å². The Morgan fingerprint density at radius 3 is 3.00 bits per heavy atom. The molecule has 2 N–H and O–H groups in total. The molecule has 0 atom stereocenters. The van der Waals surface area contributed by atoms with Gasteiger partial charge in [0.15, 0.2) is 10.8 Å². The molecule has 3 aromatic rings. The Balaban J connectivity index is 1.40. The molecule has 0 spiro atoms. The lowest BCUT2D eigenvalue weighted by atomic mass is 10.2. The number of esters is 1. The number of nitrogens with one attached hydrogen (secondary N) is 2. The number of thiophene rings is 1. The largest absolute Gasteiger partial charge is 0.461 e. The van der Waals surface area contributed by atoms with Gasteiger partial charge in [-0.3, -0.25) is 9.59 Å². The predicted octanol–water partition coefficient (Wildman–Crippen LogP) is 2.68. The molecule has 0 fully saturated rings. The fourth-order valence-corrected chi connectivity index (χ4v) is 5.19. The van der Waals surface area contributed by atoms with Crippen LogP contribution in [0.4, 0.5) is 5.13 Å². The average Bonchev–Trinajstić information content (AvgIpc) is 3.35. The summed E-state index contributed by atoms with van der Waals surface area (Å²) in [7, 11) is 0. The first-order chi connectivity index (χ1) is 13.5. The lowest BCUT2D eigenvalue weighted by Crippen LogP contribution is -2.16. The molecule has 1 aliphatic carbocycles. The second kappa shape index (κ2) is 7.80. The maximum absolute atomic E-state index is 12.4. The summed E-state index contributed by atoms with van der Waals surface area (Å²) >= 11 is 2.73. The van der Waals surface area contributed by atoms with Crippen LogP contribution in [0.3, 0.4) is 0 Å². The molecule has 146 valence electrons. The molecule has 3 aromatic heterocycles. The second-order valence-corrected chi connectivity index (χ2v) is 8.30. The molecule has 0 radical (unpaired) electrons. The highest BCUT2D eigenvalue weighted by molar-refractivity contribution is 7.18. The van der Waals surface area contributed by atoms with E-state index in [1.165, 1.54) is 10.3 Å². The molecule has 1 amide bonds. The molecule has 3 heterocycles. The summed E-state index contributed by atoms with van der Waals surface area (Å²) < 4.78 is 4.87. The normalized spacial score (nSPS) is 12.9. The van der Waals surface area contributed by atoms with Crippen molar-refractivity contribution in [3.8, 4) is 0 Å². The van der Waals surface area contributed by atoms with Crippen molar-refractivity contribution in [1.82, 2.24) is 15.0 Å². The number of aryl methyl sites for hydroxylation is 3. The number of hydrogen-bond donors (Lipinski definition) is 2. The predicted molar refractivity (Wildman–Crippen MR) is 107 cm³/mol. The number of hydrogen-bond acceptors (Lipinski definition) is 8. The number of carbonyl (C=O) groups is 2. The van der Waals surface area contributed by atoms with E-state index in [0.29, 0.717) is 22.8 Å². The van der Waals surface area contributed by atoms with E-state index in [1.54, 1.807) is 18.3 Å². The van der Waals surface area contributed by atoms with Crippen LogP contribution in [0.2, 0.25) is 0 Å². The van der Waals surface area contributed by atoms with Crippen LogP contribution in [-0.2, 0) is 28.8 Å². The van der Waals surface area contributed by atoms with Crippen LogP contribution in [0.1, 0.15) is 46.5 Å². The molecule has 10 heteroatoms. The van der Waals surface area contributed by atoms with Crippen LogP contribution < -0.4 is 10.9 Å². The first kappa shape index (κ1) is 18.8. The van der Waals surface area contributed by atoms with Gasteiger partial charge in [-0.2, -0.15) is 0 Å². The number of H-pyrrole nitrogens is 1. The van der Waals surface area contributed by atoms with Gasteiger partial charge in [0.25, 0.3) is 5.56 Å². The summed E-state index contributed by atoms with van der Waals surface area (Å²) in [5, 5.41) is 5.24. The van der Waals surface area contributed by atoms with Crippen LogP contribution in [0.25, 0.3) is 10.2 Å². The maximum Gasteiger partial charge on any atom is 0.357 e. The van der Waals surface area contributed by atoms with Crippen molar-refractivity contribution in [2.24, 2.45) is 0 Å². The maximum atomic E-state index is 12.4. The molecule has 0 saturated heterocycles. The van der Waals surface area contributed by atoms with E-state index >= 15 is 0 Å². The van der Waals surface area contributed by atoms with Crippen LogP contribution in [0, 0.1) is 0 Å². The van der Waals surface area contributed by atoms with Gasteiger partial charge in [-0.1, -0.05) is 0 Å². The van der Waals surface area contributed by atoms with E-state index < -0.39 is 5.97 Å². The van der Waals surface area contributed by atoms with Gasteiger partial charge in [0.2, 0.25) is 5.91 Å². The molecule has 4 rings (SSSR count). The van der Waals surface area contributed by atoms with Gasteiger partial charge in [-0.15, -0.1) is 22.7 Å². The summed E-state index contributed by atoms with van der Waals surface area (Å²) in [5.41, 5.74) is 1.18. The fourth-order valence-electron chi connectivity index (χ4n) is 3.21. The average molecular weight is 419 g/mol. The van der Waals surface area contributed by atoms with Crippen LogP contribution in [0.5, 0.6) is 0 Å². The summed E-state index contributed by atoms with van der Waals surface area (Å²) in [6.45, 7) is 1.98. The number of nitrogens with zero attached hydrogens (tertiary/aromatic N) is 2. The molecule has 0 saturated carbocycles. The summed E-state index contributed by atoms with van der Waals surface area (Å²) in [4.78, 5) is 49.6. The highest BCUT2D eigenvalue weighted by Crippen LogP contribution is 2.34. The Kier molecular flexibility index (Phi) is 5.23. The molecule has 0 unspecified atom stereocenters. The smallest absolute Gasteiger partial charge is 0.357 e. The SMILES string of the molecule is CCOC(=O)c1csc(NC(=O)CCc2nc3sc4c(c3c(=O)[nH]2)CCC4)n1. The number of aromatic amines is 1. The number of rotatable bonds is 6. The van der Waals surface area contributed by atoms with E-state index in [4.69, 9.17) is 4.74 Å². The molecule has 0 aliphatic heterocycles. The van der Waals surface area contributed by atoms with E-state index in [2.05, 4.69) is 20.3 Å². The van der Waals surface area contributed by atoms with Gasteiger partial charge >= 0.3 is 5.97 Å². The zero-order chi connectivity index (χ0) is 19.7. The lowest BCUT2D eigenvalue weighted by Gasteiger charge is -2.03. The standard InChI is InChI=1S/C18H18N4O4S2/c1-2-26-17(25)10-8-27-18(19-10)22-13(23)7-6-12-20-15(24)14-9-4-3-5-11(9)28-16(14)21-12/h8H,2-7H2,1H3,(H,19,22,23)(H,20,21,24). The number of ether oxygens (including phenoxy) is 1. The highest BCUT2D eigenvalue weighted by Gasteiger charge is 2.21. The van der Waals surface area contributed by atoms with Crippen molar-refractivity contribution in [2.75, 3.05) is 11.9 Å². The van der Waals surface area contributed by atoms with Gasteiger partial charge in [0, 0.05) is 23.1 Å². The third-order valence-corrected chi connectivity index (χ3v) is 6.39. The number of fused-ring (bicyclic) bond motifs is 3.